The lowest BCUT2D eigenvalue weighted by Gasteiger charge is -2.05. The van der Waals surface area contributed by atoms with E-state index in [1.165, 1.54) is 25.7 Å². The summed E-state index contributed by atoms with van der Waals surface area (Å²) in [6, 6.07) is 0. The Morgan fingerprint density at radius 1 is 1.43 bits per heavy atom. The molecule has 14 heavy (non-hydrogen) atoms. The van der Waals surface area contributed by atoms with Crippen molar-refractivity contribution in [3.8, 4) is 0 Å². The van der Waals surface area contributed by atoms with Gasteiger partial charge in [-0.1, -0.05) is 12.8 Å². The third kappa shape index (κ3) is 1.37. The summed E-state index contributed by atoms with van der Waals surface area (Å²) in [6.45, 7) is 1.95. The van der Waals surface area contributed by atoms with Gasteiger partial charge in [-0.15, -0.1) is 0 Å². The molecule has 76 valence electrons. The van der Waals surface area contributed by atoms with Crippen molar-refractivity contribution in [3.05, 3.63) is 17.2 Å². The lowest BCUT2D eigenvalue weighted by atomic mass is 10.0. The van der Waals surface area contributed by atoms with E-state index in [0.29, 0.717) is 5.92 Å². The molecular weight excluding hydrogens is 176 g/mol. The molecule has 1 fully saturated rings. The van der Waals surface area contributed by atoms with Crippen molar-refractivity contribution in [1.29, 1.82) is 0 Å². The van der Waals surface area contributed by atoms with Gasteiger partial charge in [0.05, 0.1) is 5.69 Å². The van der Waals surface area contributed by atoms with Crippen molar-refractivity contribution in [2.75, 3.05) is 0 Å². The second-order valence-electron chi connectivity index (χ2n) is 4.09. The summed E-state index contributed by atoms with van der Waals surface area (Å²) >= 11 is 0. The number of hydrogen-bond acceptors (Lipinski definition) is 2. The van der Waals surface area contributed by atoms with Crippen LogP contribution in [0, 0.1) is 6.92 Å². The first-order chi connectivity index (χ1) is 6.74. The maximum absolute atomic E-state index is 11.0. The summed E-state index contributed by atoms with van der Waals surface area (Å²) in [5.41, 5.74) is 1.80. The number of rotatable bonds is 2. The number of aryl methyl sites for hydroxylation is 1. The number of carbonyl (C=O) groups excluding carboxylic acids is 1. The van der Waals surface area contributed by atoms with Gasteiger partial charge in [-0.2, -0.15) is 0 Å². The molecule has 0 spiro atoms. The largest absolute Gasteiger partial charge is 0.329 e. The minimum Gasteiger partial charge on any atom is -0.329 e. The summed E-state index contributed by atoms with van der Waals surface area (Å²) in [4.78, 5) is 15.5. The van der Waals surface area contributed by atoms with Crippen molar-refractivity contribution >= 4 is 6.29 Å². The molecule has 0 amide bonds. The van der Waals surface area contributed by atoms with Crippen LogP contribution in [0.25, 0.3) is 0 Å². The average Bonchev–Trinajstić information content (AvgIpc) is 2.76. The number of carbonyl (C=O) groups is 1. The Kier molecular flexibility index (Phi) is 2.40. The van der Waals surface area contributed by atoms with Crippen LogP contribution in [0.4, 0.5) is 0 Å². The molecule has 0 saturated heterocycles. The lowest BCUT2D eigenvalue weighted by Crippen LogP contribution is -2.01. The fourth-order valence-electron chi connectivity index (χ4n) is 2.29. The third-order valence-corrected chi connectivity index (χ3v) is 3.24. The van der Waals surface area contributed by atoms with Gasteiger partial charge in [-0.05, 0) is 19.8 Å². The highest BCUT2D eigenvalue weighted by molar-refractivity contribution is 5.74. The van der Waals surface area contributed by atoms with E-state index in [9.17, 15) is 4.79 Å². The SMILES string of the molecule is Cc1nc(C2CCCC2)c(C=O)n1C. The fraction of sp³-hybridized carbons (Fsp3) is 0.636. The van der Waals surface area contributed by atoms with Crippen LogP contribution in [-0.4, -0.2) is 15.8 Å². The van der Waals surface area contributed by atoms with Gasteiger partial charge in [0.1, 0.15) is 11.5 Å². The summed E-state index contributed by atoms with van der Waals surface area (Å²) < 4.78 is 1.89. The van der Waals surface area contributed by atoms with Gasteiger partial charge in [0, 0.05) is 13.0 Å². The van der Waals surface area contributed by atoms with Crippen molar-refractivity contribution < 1.29 is 4.79 Å². The fourth-order valence-corrected chi connectivity index (χ4v) is 2.29. The van der Waals surface area contributed by atoms with Gasteiger partial charge >= 0.3 is 0 Å². The Morgan fingerprint density at radius 3 is 2.64 bits per heavy atom. The number of nitrogens with zero attached hydrogens (tertiary/aromatic N) is 2. The molecule has 0 bridgehead atoms. The van der Waals surface area contributed by atoms with Crippen LogP contribution in [0.3, 0.4) is 0 Å². The monoisotopic (exact) mass is 192 g/mol. The zero-order chi connectivity index (χ0) is 10.1. The highest BCUT2D eigenvalue weighted by Crippen LogP contribution is 2.34. The second kappa shape index (κ2) is 3.56. The molecule has 1 aromatic heterocycles. The average molecular weight is 192 g/mol. The summed E-state index contributed by atoms with van der Waals surface area (Å²) in [5, 5.41) is 0. The Labute approximate surface area is 84.1 Å². The first-order valence-electron chi connectivity index (χ1n) is 5.22. The topological polar surface area (TPSA) is 34.9 Å². The van der Waals surface area contributed by atoms with Gasteiger partial charge in [-0.3, -0.25) is 4.79 Å². The number of aldehydes is 1. The minimum atomic E-state index is 0.523. The number of hydrogen-bond donors (Lipinski definition) is 0. The number of imidazole rings is 1. The summed E-state index contributed by atoms with van der Waals surface area (Å²) in [5.74, 6) is 1.46. The third-order valence-electron chi connectivity index (χ3n) is 3.24. The minimum absolute atomic E-state index is 0.523. The van der Waals surface area contributed by atoms with Crippen LogP contribution >= 0.6 is 0 Å². The van der Waals surface area contributed by atoms with E-state index < -0.39 is 0 Å². The van der Waals surface area contributed by atoms with E-state index in [0.717, 1.165) is 23.5 Å². The van der Waals surface area contributed by atoms with Gasteiger partial charge in [-0.25, -0.2) is 4.98 Å². The Bertz CT molecular complexity index is 348. The molecule has 1 aliphatic carbocycles. The molecule has 0 N–H and O–H groups in total. The van der Waals surface area contributed by atoms with Crippen LogP contribution in [0.15, 0.2) is 0 Å². The molecule has 2 rings (SSSR count). The summed E-state index contributed by atoms with van der Waals surface area (Å²) in [6.07, 6.45) is 5.87. The molecule has 0 aromatic carbocycles. The molecule has 0 atom stereocenters. The van der Waals surface area contributed by atoms with Crippen LogP contribution in [-0.2, 0) is 7.05 Å². The van der Waals surface area contributed by atoms with Gasteiger partial charge in [0.15, 0.2) is 6.29 Å². The Hall–Kier alpha value is -1.12. The number of aromatic nitrogens is 2. The first kappa shape index (κ1) is 9.44. The highest BCUT2D eigenvalue weighted by Gasteiger charge is 2.23. The zero-order valence-corrected chi connectivity index (χ0v) is 8.79. The van der Waals surface area contributed by atoms with E-state index in [4.69, 9.17) is 0 Å². The summed E-state index contributed by atoms with van der Waals surface area (Å²) in [7, 11) is 1.91. The Balaban J connectivity index is 2.40. The lowest BCUT2D eigenvalue weighted by molar-refractivity contribution is 0.111. The molecule has 1 aromatic rings. The van der Waals surface area contributed by atoms with Crippen molar-refractivity contribution in [2.24, 2.45) is 7.05 Å². The van der Waals surface area contributed by atoms with E-state index in [1.54, 1.807) is 0 Å². The van der Waals surface area contributed by atoms with E-state index in [2.05, 4.69) is 4.98 Å². The van der Waals surface area contributed by atoms with E-state index in [-0.39, 0.29) is 0 Å². The van der Waals surface area contributed by atoms with Crippen LogP contribution in [0.2, 0.25) is 0 Å². The van der Waals surface area contributed by atoms with E-state index >= 15 is 0 Å². The van der Waals surface area contributed by atoms with Crippen LogP contribution < -0.4 is 0 Å². The highest BCUT2D eigenvalue weighted by atomic mass is 16.1. The Morgan fingerprint density at radius 2 is 2.07 bits per heavy atom. The molecule has 0 unspecified atom stereocenters. The van der Waals surface area contributed by atoms with Crippen LogP contribution in [0.1, 0.15) is 53.6 Å². The van der Waals surface area contributed by atoms with Gasteiger partial charge < -0.3 is 4.57 Å². The van der Waals surface area contributed by atoms with Crippen molar-refractivity contribution in [1.82, 2.24) is 9.55 Å². The molecule has 1 heterocycles. The quantitative estimate of drug-likeness (QED) is 0.673. The predicted octanol–water partition coefficient (Wildman–Crippen LogP) is 2.20. The van der Waals surface area contributed by atoms with E-state index in [1.807, 2.05) is 18.5 Å². The maximum atomic E-state index is 11.0. The molecule has 0 radical (unpaired) electrons. The molecule has 3 nitrogen and oxygen atoms in total. The second-order valence-corrected chi connectivity index (χ2v) is 4.09. The molecule has 1 aliphatic rings. The molecule has 3 heteroatoms. The smallest absolute Gasteiger partial charge is 0.168 e. The molecular formula is C11H16N2O. The first-order valence-corrected chi connectivity index (χ1v) is 5.22. The van der Waals surface area contributed by atoms with Gasteiger partial charge in [0.2, 0.25) is 0 Å². The molecule has 0 aliphatic heterocycles. The van der Waals surface area contributed by atoms with Crippen molar-refractivity contribution in [2.45, 2.75) is 38.5 Å². The zero-order valence-electron chi connectivity index (χ0n) is 8.79. The van der Waals surface area contributed by atoms with Crippen molar-refractivity contribution in [3.63, 3.8) is 0 Å². The standard InChI is InChI=1S/C11H16N2O/c1-8-12-11(9-5-3-4-6-9)10(7-14)13(8)2/h7,9H,3-6H2,1-2H3. The van der Waals surface area contributed by atoms with Gasteiger partial charge in [0.25, 0.3) is 0 Å². The van der Waals surface area contributed by atoms with Crippen LogP contribution in [0.5, 0.6) is 0 Å². The predicted molar refractivity (Wildman–Crippen MR) is 54.5 cm³/mol. The molecule has 1 saturated carbocycles. The maximum Gasteiger partial charge on any atom is 0.168 e. The normalized spacial score (nSPS) is 17.6.